The Kier molecular flexibility index (Phi) is 4.86. The third-order valence-corrected chi connectivity index (χ3v) is 6.06. The largest absolute Gasteiger partial charge is 0.383 e. The van der Waals surface area contributed by atoms with Gasteiger partial charge in [-0.05, 0) is 37.0 Å². The third kappa shape index (κ3) is 3.40. The number of hydrogen-bond acceptors (Lipinski definition) is 5. The standard InChI is InChI=1S/C24H22FN7O/c1-4-21(33)31-8-7-16(12-31)32-23-14(2)11-27-24(26)22(23)18(29-32)6-5-15-9-19-20(10-17(15)25)30(3)13-28-19/h4,9-11,13,16H,1,7-8,12H2,2-3H3,(H2,26,27)/t16-/m0/s1. The minimum Gasteiger partial charge on any atom is -0.383 e. The molecular weight excluding hydrogens is 421 g/mol. The number of nitrogens with two attached hydrogens (primary N) is 1. The van der Waals surface area contributed by atoms with E-state index in [4.69, 9.17) is 10.8 Å². The van der Waals surface area contributed by atoms with Crippen molar-refractivity contribution in [2.24, 2.45) is 7.05 Å². The van der Waals surface area contributed by atoms with Gasteiger partial charge >= 0.3 is 0 Å². The number of halogens is 1. The molecule has 0 aliphatic carbocycles. The van der Waals surface area contributed by atoms with Crippen LogP contribution in [-0.4, -0.2) is 48.2 Å². The summed E-state index contributed by atoms with van der Waals surface area (Å²) >= 11 is 0. The van der Waals surface area contributed by atoms with Crippen LogP contribution in [0, 0.1) is 24.6 Å². The summed E-state index contributed by atoms with van der Waals surface area (Å²) in [6, 6.07) is 3.01. The van der Waals surface area contributed by atoms with Gasteiger partial charge in [0.25, 0.3) is 0 Å². The number of anilines is 1. The molecule has 0 bridgehead atoms. The molecule has 5 rings (SSSR count). The van der Waals surface area contributed by atoms with Crippen LogP contribution in [0.3, 0.4) is 0 Å². The third-order valence-electron chi connectivity index (χ3n) is 6.06. The highest BCUT2D eigenvalue weighted by molar-refractivity contribution is 5.95. The molecule has 1 saturated heterocycles. The lowest BCUT2D eigenvalue weighted by Crippen LogP contribution is -2.27. The number of aromatic nitrogens is 5. The molecule has 166 valence electrons. The fourth-order valence-corrected chi connectivity index (χ4v) is 4.34. The quantitative estimate of drug-likeness (QED) is 0.380. The molecule has 0 spiro atoms. The summed E-state index contributed by atoms with van der Waals surface area (Å²) in [5.41, 5.74) is 9.94. The number of fused-ring (bicyclic) bond motifs is 2. The molecule has 3 aromatic heterocycles. The maximum atomic E-state index is 14.7. The molecule has 0 saturated carbocycles. The van der Waals surface area contributed by atoms with Crippen LogP contribution in [0.4, 0.5) is 10.2 Å². The van der Waals surface area contributed by atoms with Crippen molar-refractivity contribution in [1.29, 1.82) is 0 Å². The van der Waals surface area contributed by atoms with Crippen molar-refractivity contribution in [3.8, 4) is 11.8 Å². The van der Waals surface area contributed by atoms with E-state index in [0.29, 0.717) is 41.0 Å². The van der Waals surface area contributed by atoms with Crippen molar-refractivity contribution in [3.05, 3.63) is 59.9 Å². The Morgan fingerprint density at radius 3 is 2.94 bits per heavy atom. The van der Waals surface area contributed by atoms with E-state index in [9.17, 15) is 9.18 Å². The van der Waals surface area contributed by atoms with Crippen LogP contribution >= 0.6 is 0 Å². The van der Waals surface area contributed by atoms with Gasteiger partial charge in [-0.25, -0.2) is 14.4 Å². The molecule has 1 fully saturated rings. The minimum atomic E-state index is -0.431. The van der Waals surface area contributed by atoms with Gasteiger partial charge in [-0.2, -0.15) is 5.10 Å². The van der Waals surface area contributed by atoms with Crippen molar-refractivity contribution >= 4 is 33.7 Å². The van der Waals surface area contributed by atoms with Crippen LogP contribution in [0.25, 0.3) is 21.9 Å². The minimum absolute atomic E-state index is 0.0333. The summed E-state index contributed by atoms with van der Waals surface area (Å²) in [5, 5.41) is 5.38. The second-order valence-corrected chi connectivity index (χ2v) is 8.20. The lowest BCUT2D eigenvalue weighted by atomic mass is 10.1. The zero-order valence-corrected chi connectivity index (χ0v) is 18.3. The highest BCUT2D eigenvalue weighted by Gasteiger charge is 2.29. The van der Waals surface area contributed by atoms with Crippen LogP contribution < -0.4 is 5.73 Å². The van der Waals surface area contributed by atoms with Gasteiger partial charge in [-0.1, -0.05) is 12.5 Å². The molecule has 1 aliphatic rings. The van der Waals surface area contributed by atoms with Crippen molar-refractivity contribution in [2.75, 3.05) is 18.8 Å². The first-order valence-electron chi connectivity index (χ1n) is 10.5. The lowest BCUT2D eigenvalue weighted by molar-refractivity contribution is -0.125. The number of nitrogens with zero attached hydrogens (tertiary/aromatic N) is 6. The number of nitrogen functional groups attached to an aromatic ring is 1. The first-order chi connectivity index (χ1) is 15.9. The average molecular weight is 443 g/mol. The zero-order valence-electron chi connectivity index (χ0n) is 18.3. The average Bonchev–Trinajstić information content (AvgIpc) is 3.52. The van der Waals surface area contributed by atoms with Crippen LogP contribution in [0.5, 0.6) is 0 Å². The van der Waals surface area contributed by atoms with E-state index in [-0.39, 0.29) is 17.5 Å². The second kappa shape index (κ2) is 7.74. The number of amides is 1. The van der Waals surface area contributed by atoms with E-state index in [1.54, 1.807) is 28.1 Å². The van der Waals surface area contributed by atoms with E-state index >= 15 is 0 Å². The maximum Gasteiger partial charge on any atom is 0.246 e. The Labute approximate surface area is 189 Å². The molecular formula is C24H22FN7O. The fourth-order valence-electron chi connectivity index (χ4n) is 4.34. The number of likely N-dealkylation sites (tertiary alicyclic amines) is 1. The van der Waals surface area contributed by atoms with Crippen molar-refractivity contribution in [1.82, 2.24) is 29.2 Å². The molecule has 4 aromatic rings. The van der Waals surface area contributed by atoms with Gasteiger partial charge < -0.3 is 15.2 Å². The molecule has 1 aromatic carbocycles. The van der Waals surface area contributed by atoms with E-state index in [1.807, 2.05) is 18.7 Å². The van der Waals surface area contributed by atoms with Crippen LogP contribution in [-0.2, 0) is 11.8 Å². The molecule has 1 aliphatic heterocycles. The fraction of sp³-hybridized carbons (Fsp3) is 0.250. The number of carbonyl (C=O) groups excluding carboxylic acids is 1. The van der Waals surface area contributed by atoms with Gasteiger partial charge in [0.05, 0.1) is 39.9 Å². The molecule has 0 radical (unpaired) electrons. The Morgan fingerprint density at radius 1 is 1.33 bits per heavy atom. The van der Waals surface area contributed by atoms with Gasteiger partial charge in [0.2, 0.25) is 5.91 Å². The topological polar surface area (TPSA) is 94.9 Å². The number of pyridine rings is 1. The molecule has 9 heteroatoms. The van der Waals surface area contributed by atoms with Gasteiger partial charge in [-0.3, -0.25) is 9.48 Å². The molecule has 0 unspecified atom stereocenters. The van der Waals surface area contributed by atoms with E-state index in [1.165, 1.54) is 12.1 Å². The first kappa shape index (κ1) is 20.7. The molecule has 33 heavy (non-hydrogen) atoms. The Morgan fingerprint density at radius 2 is 2.15 bits per heavy atom. The number of hydrogen-bond donors (Lipinski definition) is 1. The number of carbonyl (C=O) groups is 1. The smallest absolute Gasteiger partial charge is 0.246 e. The van der Waals surface area contributed by atoms with Gasteiger partial charge in [-0.15, -0.1) is 0 Å². The highest BCUT2D eigenvalue weighted by Crippen LogP contribution is 2.31. The van der Waals surface area contributed by atoms with Crippen molar-refractivity contribution < 1.29 is 9.18 Å². The van der Waals surface area contributed by atoms with E-state index in [2.05, 4.69) is 28.4 Å². The van der Waals surface area contributed by atoms with Gasteiger partial charge in [0, 0.05) is 32.4 Å². The predicted octanol–water partition coefficient (Wildman–Crippen LogP) is 2.71. The van der Waals surface area contributed by atoms with Crippen LogP contribution in [0.2, 0.25) is 0 Å². The zero-order chi connectivity index (χ0) is 23.3. The molecule has 1 amide bonds. The number of imidazole rings is 1. The molecule has 2 N–H and O–H groups in total. The Bertz CT molecular complexity index is 1500. The first-order valence-corrected chi connectivity index (χ1v) is 10.5. The molecule has 1 atom stereocenters. The number of rotatable bonds is 2. The summed E-state index contributed by atoms with van der Waals surface area (Å²) in [4.78, 5) is 22.3. The summed E-state index contributed by atoms with van der Waals surface area (Å²) in [6.45, 7) is 6.63. The van der Waals surface area contributed by atoms with Crippen molar-refractivity contribution in [3.63, 3.8) is 0 Å². The lowest BCUT2D eigenvalue weighted by Gasteiger charge is -2.15. The highest BCUT2D eigenvalue weighted by atomic mass is 19.1. The van der Waals surface area contributed by atoms with E-state index in [0.717, 1.165) is 17.5 Å². The van der Waals surface area contributed by atoms with Gasteiger partial charge in [0.1, 0.15) is 17.3 Å². The number of aryl methyl sites for hydroxylation is 2. The predicted molar refractivity (Wildman–Crippen MR) is 124 cm³/mol. The summed E-state index contributed by atoms with van der Waals surface area (Å²) in [5.74, 6) is 5.67. The van der Waals surface area contributed by atoms with Crippen LogP contribution in [0.15, 0.2) is 37.3 Å². The monoisotopic (exact) mass is 443 g/mol. The van der Waals surface area contributed by atoms with Crippen molar-refractivity contribution in [2.45, 2.75) is 19.4 Å². The molecule has 4 heterocycles. The Balaban J connectivity index is 1.61. The number of benzene rings is 1. The van der Waals surface area contributed by atoms with Crippen LogP contribution in [0.1, 0.15) is 29.3 Å². The van der Waals surface area contributed by atoms with Gasteiger partial charge in [0.15, 0.2) is 0 Å². The van der Waals surface area contributed by atoms with E-state index < -0.39 is 5.82 Å². The molecule has 8 nitrogen and oxygen atoms in total. The summed E-state index contributed by atoms with van der Waals surface area (Å²) in [6.07, 6.45) is 5.40. The maximum absolute atomic E-state index is 14.7. The summed E-state index contributed by atoms with van der Waals surface area (Å²) < 4.78 is 18.3. The summed E-state index contributed by atoms with van der Waals surface area (Å²) in [7, 11) is 1.81. The Hall–Kier alpha value is -4.19. The SMILES string of the molecule is C=CC(=O)N1CC[C@H](n2nc(C#Cc3cc4ncn(C)c4cc3F)c3c(N)ncc(C)c32)C1. The second-order valence-electron chi connectivity index (χ2n) is 8.20. The normalized spacial score (nSPS) is 15.7.